The van der Waals surface area contributed by atoms with E-state index in [1.54, 1.807) is 6.07 Å². The molecule has 3 heteroatoms. The van der Waals surface area contributed by atoms with Gasteiger partial charge in [-0.2, -0.15) is 0 Å². The highest BCUT2D eigenvalue weighted by Crippen LogP contribution is 2.25. The molecule has 0 bridgehead atoms. The average Bonchev–Trinajstić information content (AvgIpc) is 2.54. The zero-order valence-electron chi connectivity index (χ0n) is 6.85. The maximum Gasteiger partial charge on any atom is 0.193 e. The van der Waals surface area contributed by atoms with Gasteiger partial charge in [-0.1, -0.05) is 6.42 Å². The molecule has 66 valence electrons. The van der Waals surface area contributed by atoms with Crippen LogP contribution in [0.3, 0.4) is 0 Å². The zero-order chi connectivity index (χ0) is 8.39. The Balaban J connectivity index is 2.08. The van der Waals surface area contributed by atoms with Crippen LogP contribution in [-0.4, -0.2) is 6.54 Å². The Morgan fingerprint density at radius 1 is 1.42 bits per heavy atom. The Kier molecular flexibility index (Phi) is 2.38. The van der Waals surface area contributed by atoms with E-state index in [1.165, 1.54) is 12.8 Å². The molecule has 1 N–H and O–H groups in total. The van der Waals surface area contributed by atoms with Gasteiger partial charge in [0.05, 0.1) is 6.04 Å². The van der Waals surface area contributed by atoms with Gasteiger partial charge in [0.15, 0.2) is 5.22 Å². The van der Waals surface area contributed by atoms with Crippen molar-refractivity contribution in [1.82, 2.24) is 5.32 Å². The van der Waals surface area contributed by atoms with Crippen LogP contribution in [0, 0.1) is 0 Å². The number of nitrogens with one attached hydrogen (secondary N) is 1. The molecule has 1 aromatic heterocycles. The third-order valence-corrected chi connectivity index (χ3v) is 2.45. The summed E-state index contributed by atoms with van der Waals surface area (Å²) < 4.78 is 5.33. The number of halogens is 1. The quantitative estimate of drug-likeness (QED) is 0.728. The lowest BCUT2D eigenvalue weighted by atomic mass is 10.0. The predicted molar refractivity (Wildman–Crippen MR) is 48.3 cm³/mol. The largest absolute Gasteiger partial charge is 0.448 e. The first kappa shape index (κ1) is 8.14. The minimum absolute atomic E-state index is 0.381. The van der Waals surface area contributed by atoms with Gasteiger partial charge in [-0.25, -0.2) is 0 Å². The SMILES string of the molecule is Clc1ccc([C@H]2CCCCN2)o1. The first-order chi connectivity index (χ1) is 5.86. The summed E-state index contributed by atoms with van der Waals surface area (Å²) in [4.78, 5) is 0. The van der Waals surface area contributed by atoms with E-state index < -0.39 is 0 Å². The van der Waals surface area contributed by atoms with Crippen molar-refractivity contribution < 1.29 is 4.42 Å². The van der Waals surface area contributed by atoms with Gasteiger partial charge in [0, 0.05) is 0 Å². The Hall–Kier alpha value is -0.470. The monoisotopic (exact) mass is 185 g/mol. The molecular formula is C9H12ClNO. The summed E-state index contributed by atoms with van der Waals surface area (Å²) in [6.07, 6.45) is 3.70. The summed E-state index contributed by atoms with van der Waals surface area (Å²) in [5.74, 6) is 0.972. The van der Waals surface area contributed by atoms with E-state index >= 15 is 0 Å². The highest BCUT2D eigenvalue weighted by Gasteiger charge is 2.17. The fourth-order valence-corrected chi connectivity index (χ4v) is 1.76. The molecule has 1 aliphatic rings. The standard InChI is InChI=1S/C9H12ClNO/c10-9-5-4-8(12-9)7-3-1-2-6-11-7/h4-5,7,11H,1-3,6H2/t7-/m1/s1. The van der Waals surface area contributed by atoms with Crippen molar-refractivity contribution >= 4 is 11.6 Å². The van der Waals surface area contributed by atoms with Crippen LogP contribution in [0.15, 0.2) is 16.5 Å². The van der Waals surface area contributed by atoms with E-state index in [9.17, 15) is 0 Å². The maximum atomic E-state index is 5.69. The van der Waals surface area contributed by atoms with E-state index in [-0.39, 0.29) is 0 Å². The molecule has 12 heavy (non-hydrogen) atoms. The maximum absolute atomic E-state index is 5.69. The molecule has 2 heterocycles. The molecule has 1 atom stereocenters. The van der Waals surface area contributed by atoms with E-state index in [0.717, 1.165) is 18.7 Å². The topological polar surface area (TPSA) is 25.2 Å². The molecule has 1 fully saturated rings. The summed E-state index contributed by atoms with van der Waals surface area (Å²) in [6, 6.07) is 4.13. The molecule has 1 saturated heterocycles. The van der Waals surface area contributed by atoms with Crippen LogP contribution in [0.4, 0.5) is 0 Å². The summed E-state index contributed by atoms with van der Waals surface area (Å²) in [5, 5.41) is 3.88. The van der Waals surface area contributed by atoms with Gasteiger partial charge in [0.1, 0.15) is 5.76 Å². The molecule has 0 unspecified atom stereocenters. The summed E-state index contributed by atoms with van der Waals surface area (Å²) >= 11 is 5.69. The van der Waals surface area contributed by atoms with Gasteiger partial charge in [0.2, 0.25) is 0 Å². The van der Waals surface area contributed by atoms with Crippen molar-refractivity contribution in [3.05, 3.63) is 23.1 Å². The lowest BCUT2D eigenvalue weighted by Crippen LogP contribution is -2.26. The van der Waals surface area contributed by atoms with Crippen LogP contribution in [0.2, 0.25) is 5.22 Å². The predicted octanol–water partition coefficient (Wildman–Crippen LogP) is 2.75. The normalized spacial score (nSPS) is 24.2. The zero-order valence-corrected chi connectivity index (χ0v) is 7.60. The molecule has 0 amide bonds. The number of piperidine rings is 1. The van der Waals surface area contributed by atoms with Crippen LogP contribution in [0.25, 0.3) is 0 Å². The molecular weight excluding hydrogens is 174 g/mol. The summed E-state index contributed by atoms with van der Waals surface area (Å²) in [6.45, 7) is 1.09. The highest BCUT2D eigenvalue weighted by molar-refractivity contribution is 6.28. The molecule has 0 saturated carbocycles. The first-order valence-corrected chi connectivity index (χ1v) is 4.73. The first-order valence-electron chi connectivity index (χ1n) is 4.35. The average molecular weight is 186 g/mol. The lowest BCUT2D eigenvalue weighted by Gasteiger charge is -2.21. The third kappa shape index (κ3) is 1.65. The van der Waals surface area contributed by atoms with Crippen molar-refractivity contribution in [1.29, 1.82) is 0 Å². The van der Waals surface area contributed by atoms with Crippen LogP contribution in [0.5, 0.6) is 0 Å². The molecule has 0 aromatic carbocycles. The van der Waals surface area contributed by atoms with E-state index in [2.05, 4.69) is 5.32 Å². The smallest absolute Gasteiger partial charge is 0.193 e. The third-order valence-electron chi connectivity index (χ3n) is 2.25. The van der Waals surface area contributed by atoms with Gasteiger partial charge in [-0.15, -0.1) is 0 Å². The Morgan fingerprint density at radius 3 is 2.92 bits per heavy atom. The minimum Gasteiger partial charge on any atom is -0.448 e. The summed E-state index contributed by atoms with van der Waals surface area (Å²) in [5.41, 5.74) is 0. The van der Waals surface area contributed by atoms with Crippen LogP contribution in [-0.2, 0) is 0 Å². The Bertz CT molecular complexity index is 253. The number of hydrogen-bond donors (Lipinski definition) is 1. The van der Waals surface area contributed by atoms with Crippen molar-refractivity contribution in [3.8, 4) is 0 Å². The van der Waals surface area contributed by atoms with E-state index in [0.29, 0.717) is 11.3 Å². The number of furan rings is 1. The second-order valence-corrected chi connectivity index (χ2v) is 3.52. The van der Waals surface area contributed by atoms with E-state index in [4.69, 9.17) is 16.0 Å². The molecule has 1 aliphatic heterocycles. The van der Waals surface area contributed by atoms with Crippen LogP contribution >= 0.6 is 11.6 Å². The summed E-state index contributed by atoms with van der Waals surface area (Å²) in [7, 11) is 0. The second-order valence-electron chi connectivity index (χ2n) is 3.14. The fourth-order valence-electron chi connectivity index (χ4n) is 1.61. The second kappa shape index (κ2) is 3.50. The van der Waals surface area contributed by atoms with Gasteiger partial charge in [0.25, 0.3) is 0 Å². The molecule has 0 spiro atoms. The van der Waals surface area contributed by atoms with Crippen molar-refractivity contribution in [2.45, 2.75) is 25.3 Å². The molecule has 2 nitrogen and oxygen atoms in total. The van der Waals surface area contributed by atoms with Crippen molar-refractivity contribution in [3.63, 3.8) is 0 Å². The number of rotatable bonds is 1. The number of hydrogen-bond acceptors (Lipinski definition) is 2. The van der Waals surface area contributed by atoms with Gasteiger partial charge >= 0.3 is 0 Å². The van der Waals surface area contributed by atoms with Crippen molar-refractivity contribution in [2.75, 3.05) is 6.54 Å². The van der Waals surface area contributed by atoms with Gasteiger partial charge in [-0.3, -0.25) is 0 Å². The molecule has 1 aromatic rings. The van der Waals surface area contributed by atoms with Gasteiger partial charge < -0.3 is 9.73 Å². The fraction of sp³-hybridized carbons (Fsp3) is 0.556. The lowest BCUT2D eigenvalue weighted by molar-refractivity contribution is 0.350. The molecule has 0 radical (unpaired) electrons. The van der Waals surface area contributed by atoms with Crippen LogP contribution in [0.1, 0.15) is 31.1 Å². The van der Waals surface area contributed by atoms with Crippen LogP contribution < -0.4 is 5.32 Å². The highest BCUT2D eigenvalue weighted by atomic mass is 35.5. The van der Waals surface area contributed by atoms with E-state index in [1.807, 2.05) is 6.07 Å². The van der Waals surface area contributed by atoms with Gasteiger partial charge in [-0.05, 0) is 43.1 Å². The minimum atomic E-state index is 0.381. The Labute approximate surface area is 76.9 Å². The molecule has 0 aliphatic carbocycles. The molecule has 2 rings (SSSR count). The Morgan fingerprint density at radius 2 is 2.33 bits per heavy atom. The van der Waals surface area contributed by atoms with Crippen molar-refractivity contribution in [2.24, 2.45) is 0 Å².